The molecule has 1 aliphatic rings. The summed E-state index contributed by atoms with van der Waals surface area (Å²) in [5.74, 6) is 0.156. The lowest BCUT2D eigenvalue weighted by atomic mass is 10.0. The highest BCUT2D eigenvalue weighted by molar-refractivity contribution is 5.83. The summed E-state index contributed by atoms with van der Waals surface area (Å²) in [7, 11) is 0. The molecular formula is C18H21N5O. The van der Waals surface area contributed by atoms with Crippen LogP contribution in [0.25, 0.3) is 11.0 Å². The number of piperidine rings is 1. The highest BCUT2D eigenvalue weighted by Crippen LogP contribution is 2.25. The van der Waals surface area contributed by atoms with Gasteiger partial charge >= 0.3 is 0 Å². The average Bonchev–Trinajstić information content (AvgIpc) is 3.30. The standard InChI is InChI=1S/C18H21N5O/c1-14(23-13-20-16-6-2-3-7-17(16)23)18(24)21-9-4-5-15(11-21)22-10-8-19-12-22/h2-3,6-8,10,12-15H,4-5,9,11H2,1H3. The highest BCUT2D eigenvalue weighted by atomic mass is 16.2. The Kier molecular flexibility index (Phi) is 3.80. The first-order valence-electron chi connectivity index (χ1n) is 8.42. The first kappa shape index (κ1) is 14.9. The zero-order chi connectivity index (χ0) is 16.5. The molecule has 0 N–H and O–H groups in total. The Morgan fingerprint density at radius 2 is 2.17 bits per heavy atom. The molecule has 1 amide bonds. The van der Waals surface area contributed by atoms with Crippen molar-refractivity contribution in [1.82, 2.24) is 24.0 Å². The molecule has 1 fully saturated rings. The Hall–Kier alpha value is -2.63. The van der Waals surface area contributed by atoms with Crippen molar-refractivity contribution in [3.8, 4) is 0 Å². The van der Waals surface area contributed by atoms with E-state index in [0.717, 1.165) is 37.0 Å². The number of amides is 1. The van der Waals surface area contributed by atoms with Gasteiger partial charge in [0.1, 0.15) is 6.04 Å². The van der Waals surface area contributed by atoms with Crippen LogP contribution in [-0.4, -0.2) is 43.0 Å². The van der Waals surface area contributed by atoms with Crippen molar-refractivity contribution in [2.75, 3.05) is 13.1 Å². The van der Waals surface area contributed by atoms with Crippen LogP contribution in [0.15, 0.2) is 49.3 Å². The summed E-state index contributed by atoms with van der Waals surface area (Å²) in [4.78, 5) is 23.5. The molecule has 0 aliphatic carbocycles. The molecule has 0 bridgehead atoms. The molecule has 2 unspecified atom stereocenters. The van der Waals surface area contributed by atoms with E-state index in [1.165, 1.54) is 0 Å². The fourth-order valence-electron chi connectivity index (χ4n) is 3.55. The fourth-order valence-corrected chi connectivity index (χ4v) is 3.55. The molecule has 3 heterocycles. The van der Waals surface area contributed by atoms with E-state index >= 15 is 0 Å². The van der Waals surface area contributed by atoms with Gasteiger partial charge in [-0.15, -0.1) is 0 Å². The van der Waals surface area contributed by atoms with Gasteiger partial charge in [0.25, 0.3) is 0 Å². The number of aromatic nitrogens is 4. The largest absolute Gasteiger partial charge is 0.339 e. The maximum atomic E-state index is 13.0. The molecule has 1 saturated heterocycles. The zero-order valence-electron chi connectivity index (χ0n) is 13.7. The lowest BCUT2D eigenvalue weighted by molar-refractivity contribution is -0.135. The number of carbonyl (C=O) groups is 1. The van der Waals surface area contributed by atoms with Gasteiger partial charge in [-0.25, -0.2) is 9.97 Å². The summed E-state index contributed by atoms with van der Waals surface area (Å²) in [6.07, 6.45) is 9.48. The Morgan fingerprint density at radius 1 is 1.29 bits per heavy atom. The molecule has 124 valence electrons. The van der Waals surface area contributed by atoms with Crippen molar-refractivity contribution in [3.63, 3.8) is 0 Å². The van der Waals surface area contributed by atoms with Crippen molar-refractivity contribution < 1.29 is 4.79 Å². The summed E-state index contributed by atoms with van der Waals surface area (Å²) >= 11 is 0. The van der Waals surface area contributed by atoms with E-state index in [0.29, 0.717) is 6.04 Å². The second kappa shape index (κ2) is 6.11. The van der Waals surface area contributed by atoms with Gasteiger partial charge in [0.2, 0.25) is 5.91 Å². The van der Waals surface area contributed by atoms with E-state index in [-0.39, 0.29) is 11.9 Å². The minimum Gasteiger partial charge on any atom is -0.339 e. The number of hydrogen-bond donors (Lipinski definition) is 0. The summed E-state index contributed by atoms with van der Waals surface area (Å²) in [6, 6.07) is 7.99. The molecule has 0 saturated carbocycles. The monoisotopic (exact) mass is 323 g/mol. The third kappa shape index (κ3) is 2.58. The third-order valence-corrected chi connectivity index (χ3v) is 4.91. The molecule has 2 atom stereocenters. The van der Waals surface area contributed by atoms with E-state index in [1.807, 2.05) is 53.2 Å². The minimum atomic E-state index is -0.251. The van der Waals surface area contributed by atoms with Gasteiger partial charge in [-0.1, -0.05) is 12.1 Å². The highest BCUT2D eigenvalue weighted by Gasteiger charge is 2.28. The van der Waals surface area contributed by atoms with Crippen LogP contribution in [0.2, 0.25) is 0 Å². The zero-order valence-corrected chi connectivity index (χ0v) is 13.7. The Bertz CT molecular complexity index is 838. The molecule has 2 aromatic heterocycles. The number of rotatable bonds is 3. The van der Waals surface area contributed by atoms with Crippen LogP contribution < -0.4 is 0 Å². The van der Waals surface area contributed by atoms with Crippen LogP contribution in [-0.2, 0) is 4.79 Å². The number of para-hydroxylation sites is 2. The van der Waals surface area contributed by atoms with Crippen LogP contribution in [0.5, 0.6) is 0 Å². The first-order valence-corrected chi connectivity index (χ1v) is 8.42. The van der Waals surface area contributed by atoms with E-state index in [4.69, 9.17) is 0 Å². The summed E-state index contributed by atoms with van der Waals surface area (Å²) in [5, 5.41) is 0. The second-order valence-electron chi connectivity index (χ2n) is 6.41. The van der Waals surface area contributed by atoms with Crippen LogP contribution in [0, 0.1) is 0 Å². The number of benzene rings is 1. The van der Waals surface area contributed by atoms with Gasteiger partial charge in [-0.05, 0) is 31.9 Å². The van der Waals surface area contributed by atoms with Crippen molar-refractivity contribution in [2.24, 2.45) is 0 Å². The normalized spacial score (nSPS) is 19.5. The van der Waals surface area contributed by atoms with Crippen molar-refractivity contribution in [1.29, 1.82) is 0 Å². The van der Waals surface area contributed by atoms with Crippen molar-refractivity contribution in [3.05, 3.63) is 49.3 Å². The van der Waals surface area contributed by atoms with E-state index in [1.54, 1.807) is 12.5 Å². The molecule has 1 aliphatic heterocycles. The predicted octanol–water partition coefficient (Wildman–Crippen LogP) is 2.66. The molecule has 0 radical (unpaired) electrons. The van der Waals surface area contributed by atoms with Gasteiger partial charge in [0.05, 0.1) is 29.7 Å². The Morgan fingerprint density at radius 3 is 3.00 bits per heavy atom. The maximum absolute atomic E-state index is 13.0. The quantitative estimate of drug-likeness (QED) is 0.744. The lowest BCUT2D eigenvalue weighted by Crippen LogP contribution is -2.43. The lowest BCUT2D eigenvalue weighted by Gasteiger charge is -2.35. The number of likely N-dealkylation sites (tertiary alicyclic amines) is 1. The molecular weight excluding hydrogens is 302 g/mol. The maximum Gasteiger partial charge on any atom is 0.245 e. The first-order chi connectivity index (χ1) is 11.7. The third-order valence-electron chi connectivity index (χ3n) is 4.91. The van der Waals surface area contributed by atoms with Crippen molar-refractivity contribution >= 4 is 16.9 Å². The Balaban J connectivity index is 1.54. The number of hydrogen-bond acceptors (Lipinski definition) is 3. The van der Waals surface area contributed by atoms with Crippen LogP contribution in [0.3, 0.4) is 0 Å². The number of nitrogens with zero attached hydrogens (tertiary/aromatic N) is 5. The average molecular weight is 323 g/mol. The van der Waals surface area contributed by atoms with Gasteiger partial charge < -0.3 is 14.0 Å². The number of imidazole rings is 2. The number of carbonyl (C=O) groups excluding carboxylic acids is 1. The van der Waals surface area contributed by atoms with Gasteiger partial charge in [0, 0.05) is 25.5 Å². The van der Waals surface area contributed by atoms with E-state index in [2.05, 4.69) is 14.5 Å². The predicted molar refractivity (Wildman–Crippen MR) is 91.5 cm³/mol. The molecule has 24 heavy (non-hydrogen) atoms. The Labute approximate surface area is 140 Å². The molecule has 4 rings (SSSR count). The van der Waals surface area contributed by atoms with Crippen LogP contribution >= 0.6 is 0 Å². The molecule has 6 heteroatoms. The second-order valence-corrected chi connectivity index (χ2v) is 6.41. The summed E-state index contributed by atoms with van der Waals surface area (Å²) < 4.78 is 4.08. The van der Waals surface area contributed by atoms with E-state index in [9.17, 15) is 4.79 Å². The van der Waals surface area contributed by atoms with E-state index < -0.39 is 0 Å². The van der Waals surface area contributed by atoms with Crippen molar-refractivity contribution in [2.45, 2.75) is 31.8 Å². The SMILES string of the molecule is CC(C(=O)N1CCCC(n2ccnc2)C1)n1cnc2ccccc21. The molecule has 3 aromatic rings. The van der Waals surface area contributed by atoms with Gasteiger partial charge in [0.15, 0.2) is 0 Å². The minimum absolute atomic E-state index is 0.156. The summed E-state index contributed by atoms with van der Waals surface area (Å²) in [6.45, 7) is 3.52. The summed E-state index contributed by atoms with van der Waals surface area (Å²) in [5.41, 5.74) is 1.92. The molecule has 1 aromatic carbocycles. The fraction of sp³-hybridized carbons (Fsp3) is 0.389. The topological polar surface area (TPSA) is 56.0 Å². The number of fused-ring (bicyclic) bond motifs is 1. The van der Waals surface area contributed by atoms with Crippen LogP contribution in [0.4, 0.5) is 0 Å². The van der Waals surface area contributed by atoms with Gasteiger partial charge in [-0.2, -0.15) is 0 Å². The van der Waals surface area contributed by atoms with Crippen LogP contribution in [0.1, 0.15) is 31.8 Å². The molecule has 0 spiro atoms. The smallest absolute Gasteiger partial charge is 0.245 e. The van der Waals surface area contributed by atoms with Gasteiger partial charge in [-0.3, -0.25) is 4.79 Å². The molecule has 6 nitrogen and oxygen atoms in total.